The van der Waals surface area contributed by atoms with Crippen molar-refractivity contribution in [3.8, 4) is 5.75 Å². The van der Waals surface area contributed by atoms with E-state index in [2.05, 4.69) is 4.98 Å². The first-order chi connectivity index (χ1) is 13.3. The van der Waals surface area contributed by atoms with Crippen LogP contribution in [0.4, 0.5) is 13.2 Å². The molecule has 0 aliphatic rings. The Morgan fingerprint density at radius 3 is 2.57 bits per heavy atom. The highest BCUT2D eigenvalue weighted by Gasteiger charge is 2.31. The Kier molecular flexibility index (Phi) is 6.37. The van der Waals surface area contributed by atoms with Gasteiger partial charge in [0.05, 0.1) is 21.6 Å². The molecule has 0 amide bonds. The van der Waals surface area contributed by atoms with Crippen LogP contribution in [0.25, 0.3) is 11.0 Å². The zero-order chi connectivity index (χ0) is 20.3. The van der Waals surface area contributed by atoms with Crippen molar-refractivity contribution in [1.29, 1.82) is 0 Å². The van der Waals surface area contributed by atoms with E-state index in [0.29, 0.717) is 46.7 Å². The van der Waals surface area contributed by atoms with Crippen LogP contribution in [0.2, 0.25) is 10.0 Å². The van der Waals surface area contributed by atoms with Gasteiger partial charge in [-0.15, -0.1) is 0 Å². The first-order valence-electron chi connectivity index (χ1n) is 8.42. The van der Waals surface area contributed by atoms with Gasteiger partial charge in [0.1, 0.15) is 18.2 Å². The highest BCUT2D eigenvalue weighted by atomic mass is 35.5. The Morgan fingerprint density at radius 1 is 1.11 bits per heavy atom. The third-order valence-corrected chi connectivity index (χ3v) is 4.67. The van der Waals surface area contributed by atoms with E-state index in [1.807, 2.05) is 4.57 Å². The monoisotopic (exact) mass is 432 g/mol. The van der Waals surface area contributed by atoms with Crippen molar-refractivity contribution in [1.82, 2.24) is 9.55 Å². The normalized spacial score (nSPS) is 11.9. The lowest BCUT2D eigenvalue weighted by Gasteiger charge is -2.11. The Labute approximate surface area is 169 Å². The minimum absolute atomic E-state index is 0.0460. The molecule has 2 aromatic carbocycles. The second kappa shape index (κ2) is 8.59. The molecule has 150 valence electrons. The van der Waals surface area contributed by atoms with Crippen molar-refractivity contribution >= 4 is 34.2 Å². The number of hydrogen-bond acceptors (Lipinski definition) is 3. The minimum atomic E-state index is -4.43. The van der Waals surface area contributed by atoms with Gasteiger partial charge in [-0.1, -0.05) is 23.2 Å². The van der Waals surface area contributed by atoms with Crippen LogP contribution in [0.1, 0.15) is 17.8 Å². The molecule has 3 aromatic rings. The quantitative estimate of drug-likeness (QED) is 0.431. The van der Waals surface area contributed by atoms with Gasteiger partial charge in [0.25, 0.3) is 0 Å². The molecule has 0 unspecified atom stereocenters. The van der Waals surface area contributed by atoms with Gasteiger partial charge in [0, 0.05) is 25.3 Å². The molecular weight excluding hydrogens is 416 g/mol. The van der Waals surface area contributed by atoms with E-state index in [1.54, 1.807) is 25.3 Å². The molecule has 3 rings (SSSR count). The molecule has 0 N–H and O–H groups in total. The Bertz CT molecular complexity index is 974. The number of methoxy groups -OCH3 is 1. The lowest BCUT2D eigenvalue weighted by molar-refractivity contribution is -0.137. The van der Waals surface area contributed by atoms with Crippen molar-refractivity contribution in [3.63, 3.8) is 0 Å². The van der Waals surface area contributed by atoms with Gasteiger partial charge in [-0.25, -0.2) is 4.98 Å². The number of benzene rings is 2. The van der Waals surface area contributed by atoms with Crippen LogP contribution in [-0.2, 0) is 24.1 Å². The topological polar surface area (TPSA) is 36.3 Å². The van der Waals surface area contributed by atoms with Gasteiger partial charge in [-0.2, -0.15) is 13.2 Å². The van der Waals surface area contributed by atoms with Crippen molar-refractivity contribution < 1.29 is 22.6 Å². The summed E-state index contributed by atoms with van der Waals surface area (Å²) in [5, 5.41) is 0.817. The highest BCUT2D eigenvalue weighted by molar-refractivity contribution is 6.35. The van der Waals surface area contributed by atoms with E-state index in [1.165, 1.54) is 6.07 Å². The van der Waals surface area contributed by atoms with E-state index in [4.69, 9.17) is 32.7 Å². The summed E-state index contributed by atoms with van der Waals surface area (Å²) in [5.41, 5.74) is 0.118. The van der Waals surface area contributed by atoms with Crippen molar-refractivity contribution in [2.45, 2.75) is 25.7 Å². The Balaban J connectivity index is 1.92. The zero-order valence-corrected chi connectivity index (χ0v) is 16.4. The molecule has 0 aliphatic carbocycles. The molecule has 0 bridgehead atoms. The van der Waals surface area contributed by atoms with Gasteiger partial charge < -0.3 is 14.0 Å². The molecule has 1 heterocycles. The number of fused-ring (bicyclic) bond motifs is 1. The summed E-state index contributed by atoms with van der Waals surface area (Å²) >= 11 is 12.0. The van der Waals surface area contributed by atoms with E-state index in [0.717, 1.165) is 12.1 Å². The molecule has 0 saturated carbocycles. The Morgan fingerprint density at radius 2 is 1.89 bits per heavy atom. The summed E-state index contributed by atoms with van der Waals surface area (Å²) in [7, 11) is 1.59. The van der Waals surface area contributed by atoms with Gasteiger partial charge in [0.2, 0.25) is 0 Å². The summed E-state index contributed by atoms with van der Waals surface area (Å²) in [6.07, 6.45) is -3.75. The summed E-state index contributed by atoms with van der Waals surface area (Å²) in [6, 6.07) is 8.34. The number of halogens is 5. The largest absolute Gasteiger partial charge is 0.484 e. The maximum absolute atomic E-state index is 13.0. The van der Waals surface area contributed by atoms with Crippen molar-refractivity contribution in [3.05, 3.63) is 57.8 Å². The molecule has 9 heteroatoms. The second-order valence-corrected chi connectivity index (χ2v) is 6.93. The maximum Gasteiger partial charge on any atom is 0.416 e. The van der Waals surface area contributed by atoms with Crippen LogP contribution in [0.3, 0.4) is 0 Å². The lowest BCUT2D eigenvalue weighted by atomic mass is 10.2. The molecular formula is C19H17Cl2F3N2O2. The number of nitrogens with zero attached hydrogens (tertiary/aromatic N) is 2. The summed E-state index contributed by atoms with van der Waals surface area (Å²) in [6.45, 7) is 1.09. The van der Waals surface area contributed by atoms with Crippen LogP contribution in [0, 0.1) is 0 Å². The fourth-order valence-corrected chi connectivity index (χ4v) is 3.28. The first-order valence-corrected chi connectivity index (χ1v) is 9.18. The maximum atomic E-state index is 13.0. The van der Waals surface area contributed by atoms with E-state index in [9.17, 15) is 13.2 Å². The number of alkyl halides is 3. The van der Waals surface area contributed by atoms with Gasteiger partial charge in [0.15, 0.2) is 0 Å². The minimum Gasteiger partial charge on any atom is -0.484 e. The molecule has 28 heavy (non-hydrogen) atoms. The van der Waals surface area contributed by atoms with E-state index in [-0.39, 0.29) is 12.1 Å². The fourth-order valence-electron chi connectivity index (χ4n) is 2.82. The molecule has 4 nitrogen and oxygen atoms in total. The molecule has 0 aliphatic heterocycles. The lowest BCUT2D eigenvalue weighted by Crippen LogP contribution is -2.09. The predicted octanol–water partition coefficient (Wildman–Crippen LogP) is 5.98. The average molecular weight is 433 g/mol. The number of rotatable bonds is 7. The fraction of sp³-hybridized carbons (Fsp3) is 0.316. The molecule has 1 aromatic heterocycles. The summed E-state index contributed by atoms with van der Waals surface area (Å²) < 4.78 is 51.7. The van der Waals surface area contributed by atoms with Crippen LogP contribution in [0.5, 0.6) is 5.75 Å². The van der Waals surface area contributed by atoms with Gasteiger partial charge in [-0.3, -0.25) is 0 Å². The number of ether oxygens (including phenoxy) is 2. The molecule has 0 saturated heterocycles. The number of imidazole rings is 1. The van der Waals surface area contributed by atoms with Gasteiger partial charge in [-0.05, 0) is 42.8 Å². The van der Waals surface area contributed by atoms with Gasteiger partial charge >= 0.3 is 6.18 Å². The summed E-state index contributed by atoms with van der Waals surface area (Å²) in [5.74, 6) is 0.911. The van der Waals surface area contributed by atoms with Crippen LogP contribution >= 0.6 is 23.2 Å². The first kappa shape index (κ1) is 20.8. The zero-order valence-electron chi connectivity index (χ0n) is 14.9. The number of aromatic nitrogens is 2. The third-order valence-electron chi connectivity index (χ3n) is 4.14. The molecule has 0 spiro atoms. The van der Waals surface area contributed by atoms with Crippen molar-refractivity contribution in [2.24, 2.45) is 0 Å². The molecule has 0 radical (unpaired) electrons. The number of aryl methyl sites for hydroxylation is 1. The predicted molar refractivity (Wildman–Crippen MR) is 102 cm³/mol. The van der Waals surface area contributed by atoms with Crippen LogP contribution < -0.4 is 4.74 Å². The summed E-state index contributed by atoms with van der Waals surface area (Å²) in [4.78, 5) is 4.36. The third kappa shape index (κ3) is 4.71. The standard InChI is InChI=1S/C19H17Cl2F3N2O2/c1-27-8-2-7-26-16-5-3-12(19(22,23)24)9-15(16)25-18(26)11-28-17-6-4-13(20)10-14(17)21/h3-6,9-10H,2,7-8,11H2,1H3. The second-order valence-electron chi connectivity index (χ2n) is 6.09. The van der Waals surface area contributed by atoms with Crippen molar-refractivity contribution in [2.75, 3.05) is 13.7 Å². The van der Waals surface area contributed by atoms with E-state index >= 15 is 0 Å². The smallest absolute Gasteiger partial charge is 0.416 e. The SMILES string of the molecule is COCCCn1c(COc2ccc(Cl)cc2Cl)nc2cc(C(F)(F)F)ccc21. The molecule has 0 fully saturated rings. The van der Waals surface area contributed by atoms with Crippen LogP contribution in [-0.4, -0.2) is 23.3 Å². The van der Waals surface area contributed by atoms with Crippen LogP contribution in [0.15, 0.2) is 36.4 Å². The highest BCUT2D eigenvalue weighted by Crippen LogP contribution is 2.32. The number of hydrogen-bond donors (Lipinski definition) is 0. The Hall–Kier alpha value is -1.96. The van der Waals surface area contributed by atoms with E-state index < -0.39 is 11.7 Å². The molecule has 0 atom stereocenters. The average Bonchev–Trinajstić information content (AvgIpc) is 2.97.